The topological polar surface area (TPSA) is 76.1 Å². The van der Waals surface area contributed by atoms with E-state index in [1.54, 1.807) is 12.4 Å². The molecule has 1 N–H and O–H groups in total. The lowest BCUT2D eigenvalue weighted by atomic mass is 9.89. The van der Waals surface area contributed by atoms with Gasteiger partial charge in [0.05, 0.1) is 30.6 Å². The van der Waals surface area contributed by atoms with Crippen molar-refractivity contribution in [2.24, 2.45) is 0 Å². The van der Waals surface area contributed by atoms with Gasteiger partial charge in [0.1, 0.15) is 0 Å². The molecule has 0 radical (unpaired) electrons. The van der Waals surface area contributed by atoms with Crippen molar-refractivity contribution in [3.8, 4) is 0 Å². The maximum Gasteiger partial charge on any atom is 0.225 e. The molecule has 7 nitrogen and oxygen atoms in total. The van der Waals surface area contributed by atoms with E-state index >= 15 is 0 Å². The normalized spacial score (nSPS) is 26.7. The number of ether oxygens (including phenoxy) is 1. The van der Waals surface area contributed by atoms with E-state index < -0.39 is 5.82 Å². The molecular weight excluding hydrogens is 311 g/mol. The van der Waals surface area contributed by atoms with Gasteiger partial charge in [-0.2, -0.15) is 0 Å². The Kier molecular flexibility index (Phi) is 3.97. The molecule has 0 amide bonds. The molecule has 0 unspecified atom stereocenters. The first kappa shape index (κ1) is 15.2. The average Bonchev–Trinajstić information content (AvgIpc) is 2.99. The van der Waals surface area contributed by atoms with Crippen LogP contribution in [0.2, 0.25) is 0 Å². The molecule has 2 aliphatic rings. The Morgan fingerprint density at radius 3 is 2.79 bits per heavy atom. The molecule has 0 bridgehead atoms. The Morgan fingerprint density at radius 1 is 1.21 bits per heavy atom. The fraction of sp³-hybridized carbons (Fsp3) is 0.500. The zero-order valence-corrected chi connectivity index (χ0v) is 13.2. The first-order chi connectivity index (χ1) is 11.7. The summed E-state index contributed by atoms with van der Waals surface area (Å²) in [5.74, 6) is 0.741. The van der Waals surface area contributed by atoms with Crippen LogP contribution in [0.4, 0.5) is 16.3 Å². The predicted octanol–water partition coefficient (Wildman–Crippen LogP) is 1.65. The van der Waals surface area contributed by atoms with Gasteiger partial charge in [-0.15, -0.1) is 0 Å². The van der Waals surface area contributed by atoms with E-state index in [4.69, 9.17) is 4.74 Å². The van der Waals surface area contributed by atoms with Crippen molar-refractivity contribution < 1.29 is 9.13 Å². The minimum Gasteiger partial charge on any atom is -0.371 e. The third-order valence-electron chi connectivity index (χ3n) is 4.54. The Bertz CT molecular complexity index is 685. The number of hydrogen-bond acceptors (Lipinski definition) is 7. The molecule has 2 fully saturated rings. The second-order valence-corrected chi connectivity index (χ2v) is 6.34. The fourth-order valence-corrected chi connectivity index (χ4v) is 3.51. The number of piperidine rings is 1. The molecule has 4 rings (SSSR count). The van der Waals surface area contributed by atoms with E-state index in [1.165, 1.54) is 0 Å². The van der Waals surface area contributed by atoms with E-state index in [2.05, 4.69) is 30.2 Å². The average molecular weight is 330 g/mol. The molecule has 0 aromatic carbocycles. The van der Waals surface area contributed by atoms with Gasteiger partial charge in [-0.1, -0.05) is 0 Å². The molecular formula is C16H19FN6O. The van der Waals surface area contributed by atoms with E-state index in [-0.39, 0.29) is 11.6 Å². The minimum atomic E-state index is -0.439. The van der Waals surface area contributed by atoms with Crippen LogP contribution in [-0.2, 0) is 4.74 Å². The molecule has 126 valence electrons. The van der Waals surface area contributed by atoms with Crippen molar-refractivity contribution in [1.29, 1.82) is 0 Å². The van der Waals surface area contributed by atoms with Crippen LogP contribution in [0.3, 0.4) is 0 Å². The lowest BCUT2D eigenvalue weighted by Gasteiger charge is -2.39. The van der Waals surface area contributed by atoms with Crippen molar-refractivity contribution in [3.05, 3.63) is 36.7 Å². The molecule has 2 saturated heterocycles. The highest BCUT2D eigenvalue weighted by molar-refractivity contribution is 5.32. The zero-order chi connectivity index (χ0) is 16.4. The van der Waals surface area contributed by atoms with Crippen LogP contribution in [-0.4, -0.2) is 51.3 Å². The Labute approximate surface area is 139 Å². The predicted molar refractivity (Wildman–Crippen MR) is 86.2 cm³/mol. The molecule has 8 heteroatoms. The van der Waals surface area contributed by atoms with E-state index in [0.717, 1.165) is 50.7 Å². The summed E-state index contributed by atoms with van der Waals surface area (Å²) in [7, 11) is 0. The summed E-state index contributed by atoms with van der Waals surface area (Å²) in [5, 5.41) is 3.23. The lowest BCUT2D eigenvalue weighted by Crippen LogP contribution is -2.48. The third kappa shape index (κ3) is 3.14. The summed E-state index contributed by atoms with van der Waals surface area (Å²) in [4.78, 5) is 18.8. The summed E-state index contributed by atoms with van der Waals surface area (Å²) in [6, 6.07) is 1.94. The second kappa shape index (κ2) is 6.27. The number of rotatable bonds is 3. The number of nitrogens with one attached hydrogen (secondary N) is 1. The Hall–Kier alpha value is -2.35. The molecule has 4 heterocycles. The van der Waals surface area contributed by atoms with E-state index in [9.17, 15) is 4.39 Å². The smallest absolute Gasteiger partial charge is 0.225 e. The Balaban J connectivity index is 1.42. The van der Waals surface area contributed by atoms with Crippen molar-refractivity contribution in [2.75, 3.05) is 29.9 Å². The molecule has 2 aromatic rings. The molecule has 2 aliphatic heterocycles. The number of anilines is 2. The number of halogens is 1. The van der Waals surface area contributed by atoms with Crippen molar-refractivity contribution in [2.45, 2.75) is 30.9 Å². The first-order valence-corrected chi connectivity index (χ1v) is 8.12. The number of nitrogens with zero attached hydrogens (tertiary/aromatic N) is 5. The standard InChI is InChI=1S/C16H19FN6O/c17-12-8-20-14(21-9-12)22-13-7-16(24-10-13)3-1-6-23(11-16)15-18-4-2-5-19-15/h2,4-5,8-9,13H,1,3,6-7,10-11H2,(H,20,21,22)/t13-,16+/m0/s1. The van der Waals surface area contributed by atoms with Crippen LogP contribution in [0.25, 0.3) is 0 Å². The maximum atomic E-state index is 12.9. The highest BCUT2D eigenvalue weighted by Crippen LogP contribution is 2.36. The van der Waals surface area contributed by atoms with Crippen molar-refractivity contribution in [3.63, 3.8) is 0 Å². The summed E-state index contributed by atoms with van der Waals surface area (Å²) in [6.07, 6.45) is 8.75. The highest BCUT2D eigenvalue weighted by atomic mass is 19.1. The maximum absolute atomic E-state index is 12.9. The summed E-state index contributed by atoms with van der Waals surface area (Å²) < 4.78 is 19.0. The summed E-state index contributed by atoms with van der Waals surface area (Å²) in [5.41, 5.74) is -0.199. The van der Waals surface area contributed by atoms with Gasteiger partial charge in [-0.25, -0.2) is 24.3 Å². The van der Waals surface area contributed by atoms with Crippen LogP contribution in [0.5, 0.6) is 0 Å². The molecule has 2 aromatic heterocycles. The van der Waals surface area contributed by atoms with Gasteiger partial charge in [0.2, 0.25) is 11.9 Å². The SMILES string of the molecule is Fc1cnc(N[C@@H]2CO[C@]3(CCCN(c4ncccn4)C3)C2)nc1. The quantitative estimate of drug-likeness (QED) is 0.917. The summed E-state index contributed by atoms with van der Waals surface area (Å²) in [6.45, 7) is 2.30. The molecule has 1 spiro atoms. The van der Waals surface area contributed by atoms with Gasteiger partial charge in [0.25, 0.3) is 0 Å². The highest BCUT2D eigenvalue weighted by Gasteiger charge is 2.44. The monoisotopic (exact) mass is 330 g/mol. The van der Waals surface area contributed by atoms with Crippen molar-refractivity contribution in [1.82, 2.24) is 19.9 Å². The first-order valence-electron chi connectivity index (χ1n) is 8.12. The van der Waals surface area contributed by atoms with Gasteiger partial charge >= 0.3 is 0 Å². The van der Waals surface area contributed by atoms with E-state index in [0.29, 0.717) is 12.6 Å². The zero-order valence-electron chi connectivity index (χ0n) is 13.2. The minimum absolute atomic E-state index is 0.118. The molecule has 2 atom stereocenters. The van der Waals surface area contributed by atoms with Crippen molar-refractivity contribution >= 4 is 11.9 Å². The Morgan fingerprint density at radius 2 is 2.00 bits per heavy atom. The molecule has 0 saturated carbocycles. The van der Waals surface area contributed by atoms with Crippen LogP contribution in [0.15, 0.2) is 30.9 Å². The van der Waals surface area contributed by atoms with Gasteiger partial charge < -0.3 is 15.0 Å². The molecule has 0 aliphatic carbocycles. The van der Waals surface area contributed by atoms with Gasteiger partial charge in [-0.05, 0) is 18.9 Å². The fourth-order valence-electron chi connectivity index (χ4n) is 3.51. The number of hydrogen-bond donors (Lipinski definition) is 1. The summed E-state index contributed by atoms with van der Waals surface area (Å²) >= 11 is 0. The van der Waals surface area contributed by atoms with Crippen LogP contribution < -0.4 is 10.2 Å². The number of aromatic nitrogens is 4. The van der Waals surface area contributed by atoms with Gasteiger partial charge in [-0.3, -0.25) is 0 Å². The third-order valence-corrected chi connectivity index (χ3v) is 4.54. The molecule has 24 heavy (non-hydrogen) atoms. The van der Waals surface area contributed by atoms with Gasteiger partial charge in [0, 0.05) is 31.9 Å². The lowest BCUT2D eigenvalue weighted by molar-refractivity contribution is -0.00668. The largest absolute Gasteiger partial charge is 0.371 e. The van der Waals surface area contributed by atoms with Gasteiger partial charge in [0.15, 0.2) is 5.82 Å². The van der Waals surface area contributed by atoms with E-state index in [1.807, 2.05) is 6.07 Å². The van der Waals surface area contributed by atoms with Crippen LogP contribution >= 0.6 is 0 Å². The van der Waals surface area contributed by atoms with Crippen LogP contribution in [0, 0.1) is 5.82 Å². The second-order valence-electron chi connectivity index (χ2n) is 6.34. The van der Waals surface area contributed by atoms with Crippen LogP contribution in [0.1, 0.15) is 19.3 Å².